The molecule has 9 heteroatoms. The van der Waals surface area contributed by atoms with E-state index in [0.29, 0.717) is 20.8 Å². The van der Waals surface area contributed by atoms with Gasteiger partial charge in [-0.25, -0.2) is 4.98 Å². The van der Waals surface area contributed by atoms with Crippen LogP contribution in [0.2, 0.25) is 5.02 Å². The van der Waals surface area contributed by atoms with Crippen molar-refractivity contribution in [2.75, 3.05) is 0 Å². The fourth-order valence-corrected chi connectivity index (χ4v) is 4.28. The lowest BCUT2D eigenvalue weighted by molar-refractivity contribution is -0.122. The van der Waals surface area contributed by atoms with E-state index in [1.807, 2.05) is 36.6 Å². The van der Waals surface area contributed by atoms with Gasteiger partial charge in [0.1, 0.15) is 4.83 Å². The normalized spacial score (nSPS) is 10.8. The third-order valence-electron chi connectivity index (χ3n) is 4.91. The Balaban J connectivity index is 1.44. The molecule has 0 aliphatic heterocycles. The topological polar surface area (TPSA) is 93.1 Å². The van der Waals surface area contributed by atoms with Crippen molar-refractivity contribution in [2.45, 2.75) is 19.9 Å². The zero-order valence-corrected chi connectivity index (χ0v) is 18.7. The van der Waals surface area contributed by atoms with Gasteiger partial charge in [0.05, 0.1) is 11.7 Å². The van der Waals surface area contributed by atoms with E-state index in [-0.39, 0.29) is 18.5 Å². The summed E-state index contributed by atoms with van der Waals surface area (Å²) in [7, 11) is 0. The lowest BCUT2D eigenvalue weighted by Gasteiger charge is -2.09. The van der Waals surface area contributed by atoms with Crippen LogP contribution in [0.25, 0.3) is 21.3 Å². The minimum absolute atomic E-state index is 0.00702. The predicted octanol–water partition coefficient (Wildman–Crippen LogP) is 3.94. The Morgan fingerprint density at radius 3 is 2.66 bits per heavy atom. The van der Waals surface area contributed by atoms with E-state index in [1.54, 1.807) is 18.2 Å². The number of carbonyl (C=O) groups is 2. The minimum Gasteiger partial charge on any atom is -0.298 e. The molecule has 0 saturated carbocycles. The van der Waals surface area contributed by atoms with Crippen molar-refractivity contribution in [3.8, 4) is 11.1 Å². The summed E-state index contributed by atoms with van der Waals surface area (Å²) in [5.74, 6) is -0.918. The zero-order chi connectivity index (χ0) is 22.7. The Morgan fingerprint density at radius 2 is 1.91 bits per heavy atom. The Hall–Kier alpha value is -3.49. The van der Waals surface area contributed by atoms with Crippen LogP contribution in [0, 0.1) is 6.92 Å². The van der Waals surface area contributed by atoms with Crippen LogP contribution in [0.3, 0.4) is 0 Å². The summed E-state index contributed by atoms with van der Waals surface area (Å²) in [5, 5.41) is 2.88. The lowest BCUT2D eigenvalue weighted by Crippen LogP contribution is -2.42. The molecule has 0 saturated heterocycles. The molecular weight excluding hydrogens is 448 g/mol. The second kappa shape index (κ2) is 9.33. The number of hydrazine groups is 1. The van der Waals surface area contributed by atoms with E-state index in [4.69, 9.17) is 11.6 Å². The van der Waals surface area contributed by atoms with Crippen molar-refractivity contribution in [2.24, 2.45) is 0 Å². The molecule has 2 amide bonds. The number of benzene rings is 2. The molecule has 2 N–H and O–H groups in total. The molecule has 4 rings (SSSR count). The minimum atomic E-state index is -0.484. The van der Waals surface area contributed by atoms with Crippen LogP contribution >= 0.6 is 22.9 Å². The van der Waals surface area contributed by atoms with Gasteiger partial charge in [0.25, 0.3) is 11.5 Å². The number of fused-ring (bicyclic) bond motifs is 1. The number of hydrogen-bond donors (Lipinski definition) is 2. The summed E-state index contributed by atoms with van der Waals surface area (Å²) in [6, 6.07) is 14.3. The molecule has 0 unspecified atom stereocenters. The van der Waals surface area contributed by atoms with Crippen LogP contribution in [0.4, 0.5) is 0 Å². The van der Waals surface area contributed by atoms with Gasteiger partial charge in [-0.05, 0) is 30.7 Å². The van der Waals surface area contributed by atoms with Crippen molar-refractivity contribution in [1.82, 2.24) is 20.4 Å². The number of halogens is 1. The van der Waals surface area contributed by atoms with E-state index < -0.39 is 11.8 Å². The fraction of sp³-hybridized carbons (Fsp3) is 0.130. The van der Waals surface area contributed by atoms with Crippen LogP contribution < -0.4 is 16.4 Å². The summed E-state index contributed by atoms with van der Waals surface area (Å²) >= 11 is 7.28. The van der Waals surface area contributed by atoms with Gasteiger partial charge in [-0.1, -0.05) is 47.5 Å². The summed E-state index contributed by atoms with van der Waals surface area (Å²) < 4.78 is 1.41. The standard InChI is InChI=1S/C23H19ClN4O3S/c1-14-5-7-15(8-6-14)18-12-32-22-20(18)23(31)28(13-25-22)10-9-19(29)26-27-21(30)16-3-2-4-17(24)11-16/h2-8,11-13H,9-10H2,1H3,(H,26,29)(H,27,30). The van der Waals surface area contributed by atoms with Gasteiger partial charge in [-0.15, -0.1) is 11.3 Å². The number of nitrogens with one attached hydrogen (secondary N) is 2. The quantitative estimate of drug-likeness (QED) is 0.436. The van der Waals surface area contributed by atoms with Crippen LogP contribution in [-0.2, 0) is 11.3 Å². The maximum Gasteiger partial charge on any atom is 0.269 e. The Kier molecular flexibility index (Phi) is 6.34. The average Bonchev–Trinajstić information content (AvgIpc) is 3.22. The number of aryl methyl sites for hydroxylation is 2. The number of nitrogens with zero attached hydrogens (tertiary/aromatic N) is 2. The monoisotopic (exact) mass is 466 g/mol. The van der Waals surface area contributed by atoms with E-state index in [1.165, 1.54) is 28.3 Å². The maximum absolute atomic E-state index is 13.1. The van der Waals surface area contributed by atoms with Crippen molar-refractivity contribution in [3.05, 3.63) is 86.7 Å². The number of rotatable bonds is 5. The van der Waals surface area contributed by atoms with Gasteiger partial charge >= 0.3 is 0 Å². The van der Waals surface area contributed by atoms with Crippen LogP contribution in [-0.4, -0.2) is 21.4 Å². The zero-order valence-electron chi connectivity index (χ0n) is 17.1. The summed E-state index contributed by atoms with van der Waals surface area (Å²) in [4.78, 5) is 42.4. The third-order valence-corrected chi connectivity index (χ3v) is 6.03. The highest BCUT2D eigenvalue weighted by Crippen LogP contribution is 2.30. The maximum atomic E-state index is 13.1. The van der Waals surface area contributed by atoms with Crippen molar-refractivity contribution in [1.29, 1.82) is 0 Å². The van der Waals surface area contributed by atoms with Crippen LogP contribution in [0.1, 0.15) is 22.3 Å². The molecule has 0 aliphatic rings. The Bertz CT molecular complexity index is 1360. The molecule has 0 radical (unpaired) electrons. The fourth-order valence-electron chi connectivity index (χ4n) is 3.19. The second-order valence-electron chi connectivity index (χ2n) is 7.20. The van der Waals surface area contributed by atoms with Crippen molar-refractivity contribution in [3.63, 3.8) is 0 Å². The largest absolute Gasteiger partial charge is 0.298 e. The highest BCUT2D eigenvalue weighted by Gasteiger charge is 2.14. The van der Waals surface area contributed by atoms with E-state index in [9.17, 15) is 14.4 Å². The lowest BCUT2D eigenvalue weighted by atomic mass is 10.1. The number of amides is 2. The molecular formula is C23H19ClN4O3S. The first-order valence-electron chi connectivity index (χ1n) is 9.81. The molecule has 4 aromatic rings. The number of carbonyl (C=O) groups excluding carboxylic acids is 2. The van der Waals surface area contributed by atoms with E-state index in [0.717, 1.165) is 16.7 Å². The number of hydrogen-bond acceptors (Lipinski definition) is 5. The van der Waals surface area contributed by atoms with E-state index >= 15 is 0 Å². The molecule has 0 bridgehead atoms. The van der Waals surface area contributed by atoms with Gasteiger partial charge in [0, 0.05) is 34.5 Å². The van der Waals surface area contributed by atoms with Gasteiger partial charge in [0.15, 0.2) is 0 Å². The molecule has 7 nitrogen and oxygen atoms in total. The molecule has 0 fully saturated rings. The molecule has 162 valence electrons. The molecule has 0 spiro atoms. The highest BCUT2D eigenvalue weighted by atomic mass is 35.5. The second-order valence-corrected chi connectivity index (χ2v) is 8.50. The molecule has 2 heterocycles. The third kappa shape index (κ3) is 4.71. The summed E-state index contributed by atoms with van der Waals surface area (Å²) in [6.07, 6.45) is 1.44. The molecule has 2 aromatic heterocycles. The van der Waals surface area contributed by atoms with Gasteiger partial charge in [-0.3, -0.25) is 29.8 Å². The van der Waals surface area contributed by atoms with Gasteiger partial charge in [-0.2, -0.15) is 0 Å². The summed E-state index contributed by atoms with van der Waals surface area (Å²) in [6.45, 7) is 2.14. The van der Waals surface area contributed by atoms with Crippen molar-refractivity contribution >= 4 is 45.0 Å². The first-order chi connectivity index (χ1) is 15.4. The Labute approximate surface area is 192 Å². The highest BCUT2D eigenvalue weighted by molar-refractivity contribution is 7.17. The van der Waals surface area contributed by atoms with E-state index in [2.05, 4.69) is 15.8 Å². The number of thiophene rings is 1. The van der Waals surface area contributed by atoms with Crippen LogP contribution in [0.5, 0.6) is 0 Å². The number of aromatic nitrogens is 2. The Morgan fingerprint density at radius 1 is 1.12 bits per heavy atom. The molecule has 0 aliphatic carbocycles. The average molecular weight is 467 g/mol. The van der Waals surface area contributed by atoms with Crippen LogP contribution in [0.15, 0.2) is 65.0 Å². The van der Waals surface area contributed by atoms with Gasteiger partial charge < -0.3 is 0 Å². The summed E-state index contributed by atoms with van der Waals surface area (Å²) in [5.41, 5.74) is 7.72. The molecule has 0 atom stereocenters. The molecule has 32 heavy (non-hydrogen) atoms. The first kappa shape index (κ1) is 21.7. The van der Waals surface area contributed by atoms with Crippen molar-refractivity contribution < 1.29 is 9.59 Å². The first-order valence-corrected chi connectivity index (χ1v) is 11.1. The van der Waals surface area contributed by atoms with Gasteiger partial charge in [0.2, 0.25) is 5.91 Å². The smallest absolute Gasteiger partial charge is 0.269 e. The predicted molar refractivity (Wildman–Crippen MR) is 126 cm³/mol. The molecule has 2 aromatic carbocycles. The SMILES string of the molecule is Cc1ccc(-c2csc3ncn(CCC(=O)NNC(=O)c4cccc(Cl)c4)c(=O)c23)cc1.